The summed E-state index contributed by atoms with van der Waals surface area (Å²) in [4.78, 5) is 11.8. The number of rotatable bonds is 11. The molecular weight excluding hydrogens is 246 g/mol. The van der Waals surface area contributed by atoms with E-state index in [0.717, 1.165) is 24.1 Å². The first-order chi connectivity index (χ1) is 9.72. The van der Waals surface area contributed by atoms with Crippen molar-refractivity contribution in [2.45, 2.75) is 71.1 Å². The van der Waals surface area contributed by atoms with E-state index in [1.807, 2.05) is 24.3 Å². The van der Waals surface area contributed by atoms with Crippen LogP contribution in [0.5, 0.6) is 0 Å². The van der Waals surface area contributed by atoms with Gasteiger partial charge < -0.3 is 5.73 Å². The van der Waals surface area contributed by atoms with Crippen molar-refractivity contribution >= 4 is 11.5 Å². The third-order valence-electron chi connectivity index (χ3n) is 3.69. The van der Waals surface area contributed by atoms with Crippen molar-refractivity contribution in [1.29, 1.82) is 0 Å². The molecule has 0 radical (unpaired) electrons. The highest BCUT2D eigenvalue weighted by atomic mass is 16.1. The maximum atomic E-state index is 11.8. The Morgan fingerprint density at radius 3 is 2.05 bits per heavy atom. The molecule has 2 N–H and O–H groups in total. The van der Waals surface area contributed by atoms with Crippen LogP contribution in [0, 0.1) is 0 Å². The molecular formula is C18H29NO. The van der Waals surface area contributed by atoms with Crippen LogP contribution in [0.3, 0.4) is 0 Å². The van der Waals surface area contributed by atoms with Gasteiger partial charge in [0.2, 0.25) is 0 Å². The number of hydrogen-bond donors (Lipinski definition) is 1. The molecule has 1 rings (SSSR count). The number of hydrogen-bond acceptors (Lipinski definition) is 2. The van der Waals surface area contributed by atoms with Gasteiger partial charge in [-0.15, -0.1) is 0 Å². The van der Waals surface area contributed by atoms with Crippen LogP contribution < -0.4 is 5.73 Å². The lowest BCUT2D eigenvalue weighted by Crippen LogP contribution is -2.02. The third-order valence-corrected chi connectivity index (χ3v) is 3.69. The van der Waals surface area contributed by atoms with Gasteiger partial charge in [-0.2, -0.15) is 0 Å². The number of nitrogen functional groups attached to an aromatic ring is 1. The van der Waals surface area contributed by atoms with Gasteiger partial charge in [-0.3, -0.25) is 4.79 Å². The number of Topliss-reactive ketones (excluding diaryl/α,β-unsaturated/α-hetero) is 1. The Morgan fingerprint density at radius 2 is 1.45 bits per heavy atom. The molecule has 0 bridgehead atoms. The van der Waals surface area contributed by atoms with Crippen LogP contribution >= 0.6 is 0 Å². The van der Waals surface area contributed by atoms with E-state index < -0.39 is 0 Å². The normalized spacial score (nSPS) is 10.7. The van der Waals surface area contributed by atoms with Crippen molar-refractivity contribution in [3.63, 3.8) is 0 Å². The summed E-state index contributed by atoms with van der Waals surface area (Å²) < 4.78 is 0. The third kappa shape index (κ3) is 7.98. The van der Waals surface area contributed by atoms with E-state index in [4.69, 9.17) is 5.73 Å². The first-order valence-corrected chi connectivity index (χ1v) is 8.08. The van der Waals surface area contributed by atoms with E-state index in [0.29, 0.717) is 12.2 Å². The summed E-state index contributed by atoms with van der Waals surface area (Å²) in [5, 5.41) is 0. The van der Waals surface area contributed by atoms with Crippen molar-refractivity contribution in [1.82, 2.24) is 0 Å². The predicted molar refractivity (Wildman–Crippen MR) is 86.8 cm³/mol. The molecule has 1 aromatic rings. The van der Waals surface area contributed by atoms with Crippen molar-refractivity contribution < 1.29 is 4.79 Å². The van der Waals surface area contributed by atoms with Crippen LogP contribution in [0.15, 0.2) is 24.3 Å². The van der Waals surface area contributed by atoms with Crippen LogP contribution in [-0.2, 0) is 11.2 Å². The molecule has 0 aliphatic heterocycles. The van der Waals surface area contributed by atoms with Gasteiger partial charge in [0.25, 0.3) is 0 Å². The molecule has 0 aliphatic rings. The molecule has 0 saturated heterocycles. The van der Waals surface area contributed by atoms with E-state index in [9.17, 15) is 4.79 Å². The zero-order chi connectivity index (χ0) is 14.6. The summed E-state index contributed by atoms with van der Waals surface area (Å²) in [6.45, 7) is 2.24. The van der Waals surface area contributed by atoms with Crippen LogP contribution in [0.2, 0.25) is 0 Å². The monoisotopic (exact) mass is 275 g/mol. The van der Waals surface area contributed by atoms with E-state index >= 15 is 0 Å². The minimum Gasteiger partial charge on any atom is -0.399 e. The molecule has 0 aliphatic carbocycles. The number of benzene rings is 1. The minimum absolute atomic E-state index is 0.348. The molecule has 0 aromatic heterocycles. The van der Waals surface area contributed by atoms with E-state index in [1.165, 1.54) is 44.9 Å². The summed E-state index contributed by atoms with van der Waals surface area (Å²) in [6.07, 6.45) is 11.5. The second-order valence-electron chi connectivity index (χ2n) is 5.68. The van der Waals surface area contributed by atoms with Crippen LogP contribution in [-0.4, -0.2) is 5.78 Å². The van der Waals surface area contributed by atoms with E-state index in [1.54, 1.807) is 0 Å². The number of unbranched alkanes of at least 4 members (excludes halogenated alkanes) is 7. The molecule has 20 heavy (non-hydrogen) atoms. The number of carbonyl (C=O) groups is 1. The first kappa shape index (κ1) is 16.7. The summed E-state index contributed by atoms with van der Waals surface area (Å²) in [6, 6.07) is 7.61. The van der Waals surface area contributed by atoms with Gasteiger partial charge >= 0.3 is 0 Å². The second kappa shape index (κ2) is 10.5. The topological polar surface area (TPSA) is 43.1 Å². The highest BCUT2D eigenvalue weighted by Gasteiger charge is 2.03. The van der Waals surface area contributed by atoms with Gasteiger partial charge in [0.15, 0.2) is 0 Å². The summed E-state index contributed by atoms with van der Waals surface area (Å²) >= 11 is 0. The second-order valence-corrected chi connectivity index (χ2v) is 5.68. The Labute approximate surface area is 123 Å². The van der Waals surface area contributed by atoms with Gasteiger partial charge in [-0.1, -0.05) is 64.0 Å². The summed E-state index contributed by atoms with van der Waals surface area (Å²) in [5.74, 6) is 0.348. The van der Waals surface area contributed by atoms with E-state index in [-0.39, 0.29) is 0 Å². The van der Waals surface area contributed by atoms with Crippen molar-refractivity contribution in [3.05, 3.63) is 29.8 Å². The average molecular weight is 275 g/mol. The fourth-order valence-corrected chi connectivity index (χ4v) is 2.41. The Balaban J connectivity index is 2.01. The Bertz CT molecular complexity index is 370. The number of nitrogens with two attached hydrogens (primary N) is 1. The highest BCUT2D eigenvalue weighted by Crippen LogP contribution is 2.11. The van der Waals surface area contributed by atoms with Gasteiger partial charge in [-0.25, -0.2) is 0 Å². The Morgan fingerprint density at radius 1 is 0.900 bits per heavy atom. The lowest BCUT2D eigenvalue weighted by molar-refractivity contribution is -0.118. The van der Waals surface area contributed by atoms with Crippen molar-refractivity contribution in [3.8, 4) is 0 Å². The summed E-state index contributed by atoms with van der Waals surface area (Å²) in [7, 11) is 0. The average Bonchev–Trinajstić information content (AvgIpc) is 2.44. The molecule has 0 fully saturated rings. The molecule has 0 heterocycles. The minimum atomic E-state index is 0.348. The molecule has 112 valence electrons. The standard InChI is InChI=1S/C18H29NO/c1-2-3-4-5-6-7-8-9-10-18(20)15-16-11-13-17(19)14-12-16/h11-14H,2-10,15,19H2,1H3. The number of ketones is 1. The van der Waals surface area contributed by atoms with Crippen LogP contribution in [0.4, 0.5) is 5.69 Å². The maximum absolute atomic E-state index is 11.8. The molecule has 2 heteroatoms. The Kier molecular flexibility index (Phi) is 8.77. The fraction of sp³-hybridized carbons (Fsp3) is 0.611. The zero-order valence-electron chi connectivity index (χ0n) is 12.9. The van der Waals surface area contributed by atoms with Crippen LogP contribution in [0.1, 0.15) is 70.3 Å². The van der Waals surface area contributed by atoms with E-state index in [2.05, 4.69) is 6.92 Å². The maximum Gasteiger partial charge on any atom is 0.137 e. The molecule has 0 amide bonds. The molecule has 1 aromatic carbocycles. The first-order valence-electron chi connectivity index (χ1n) is 8.08. The quantitative estimate of drug-likeness (QED) is 0.460. The molecule has 0 saturated carbocycles. The number of anilines is 1. The lowest BCUT2D eigenvalue weighted by Gasteiger charge is -2.03. The fourth-order valence-electron chi connectivity index (χ4n) is 2.41. The predicted octanol–water partition coefficient (Wildman–Crippen LogP) is 4.91. The van der Waals surface area contributed by atoms with Gasteiger partial charge in [0, 0.05) is 18.5 Å². The highest BCUT2D eigenvalue weighted by molar-refractivity contribution is 5.80. The molecule has 0 spiro atoms. The van der Waals surface area contributed by atoms with Crippen molar-refractivity contribution in [2.75, 3.05) is 5.73 Å². The smallest absolute Gasteiger partial charge is 0.137 e. The lowest BCUT2D eigenvalue weighted by atomic mass is 10.0. The Hall–Kier alpha value is -1.31. The van der Waals surface area contributed by atoms with Crippen LogP contribution in [0.25, 0.3) is 0 Å². The molecule has 0 unspecified atom stereocenters. The van der Waals surface area contributed by atoms with Gasteiger partial charge in [-0.05, 0) is 24.1 Å². The van der Waals surface area contributed by atoms with Gasteiger partial charge in [0.05, 0.1) is 0 Å². The summed E-state index contributed by atoms with van der Waals surface area (Å²) in [5.41, 5.74) is 7.46. The largest absolute Gasteiger partial charge is 0.399 e. The van der Waals surface area contributed by atoms with Crippen molar-refractivity contribution in [2.24, 2.45) is 0 Å². The zero-order valence-corrected chi connectivity index (χ0v) is 12.9. The molecule has 2 nitrogen and oxygen atoms in total. The van der Waals surface area contributed by atoms with Gasteiger partial charge in [0.1, 0.15) is 5.78 Å². The molecule has 0 atom stereocenters. The SMILES string of the molecule is CCCCCCCCCCC(=O)Cc1ccc(N)cc1. The number of carbonyl (C=O) groups excluding carboxylic acids is 1.